The number of nitrogens with one attached hydrogen (secondary N) is 1. The van der Waals surface area contributed by atoms with Gasteiger partial charge in [0, 0.05) is 11.6 Å². The fourth-order valence-electron chi connectivity index (χ4n) is 2.10. The predicted octanol–water partition coefficient (Wildman–Crippen LogP) is 2.20. The Hall–Kier alpha value is -3.82. The summed E-state index contributed by atoms with van der Waals surface area (Å²) in [5.74, 6) is 0.0304. The van der Waals surface area contributed by atoms with Gasteiger partial charge in [0.05, 0.1) is 35.7 Å². The highest BCUT2D eigenvalue weighted by atomic mass is 16.6. The van der Waals surface area contributed by atoms with Crippen LogP contribution in [0.2, 0.25) is 0 Å². The zero-order valence-corrected chi connectivity index (χ0v) is 13.6. The molecule has 0 aliphatic heterocycles. The van der Waals surface area contributed by atoms with Crippen molar-refractivity contribution in [2.75, 3.05) is 7.11 Å². The largest absolute Gasteiger partial charge is 0.497 e. The van der Waals surface area contributed by atoms with Crippen molar-refractivity contribution in [2.24, 2.45) is 5.10 Å². The normalized spacial score (nSPS) is 10.5. The van der Waals surface area contributed by atoms with E-state index in [-0.39, 0.29) is 12.0 Å². The highest BCUT2D eigenvalue weighted by Gasteiger charge is 2.20. The number of amides is 1. The number of methoxy groups -OCH3 is 1. The molecule has 0 unspecified atom stereocenters. The van der Waals surface area contributed by atoms with E-state index in [1.807, 2.05) is 0 Å². The summed E-state index contributed by atoms with van der Waals surface area (Å²) in [6, 6.07) is 10.1. The average Bonchev–Trinajstić information content (AvgIpc) is 2.61. The number of hydrazone groups is 1. The van der Waals surface area contributed by atoms with Crippen molar-refractivity contribution < 1.29 is 19.4 Å². The third-order valence-corrected chi connectivity index (χ3v) is 3.32. The number of carbonyl (C=O) groups excluding carboxylic acids is 1. The Morgan fingerprint density at radius 2 is 1.96 bits per heavy atom. The van der Waals surface area contributed by atoms with Crippen LogP contribution in [-0.4, -0.2) is 29.1 Å². The maximum absolute atomic E-state index is 11.9. The molecular weight excluding hydrogens is 344 g/mol. The summed E-state index contributed by atoms with van der Waals surface area (Å²) in [5, 5.41) is 25.5. The number of carbonyl (C=O) groups is 1. The van der Waals surface area contributed by atoms with Gasteiger partial charge in [-0.15, -0.1) is 0 Å². The number of benzene rings is 2. The maximum atomic E-state index is 11.9. The molecule has 0 aliphatic carbocycles. The summed E-state index contributed by atoms with van der Waals surface area (Å²) in [6.45, 7) is 0. The van der Waals surface area contributed by atoms with Gasteiger partial charge in [-0.05, 0) is 23.8 Å². The Bertz CT molecular complexity index is 881. The first-order valence-corrected chi connectivity index (χ1v) is 7.28. The minimum absolute atomic E-state index is 0.0506. The quantitative estimate of drug-likeness (QED) is 0.457. The maximum Gasteiger partial charge on any atom is 0.279 e. The zero-order valence-electron chi connectivity index (χ0n) is 13.6. The van der Waals surface area contributed by atoms with Gasteiger partial charge in [0.2, 0.25) is 5.91 Å². The van der Waals surface area contributed by atoms with E-state index in [4.69, 9.17) is 4.74 Å². The second kappa shape index (κ2) is 8.33. The summed E-state index contributed by atoms with van der Waals surface area (Å²) >= 11 is 0. The summed E-state index contributed by atoms with van der Waals surface area (Å²) in [4.78, 5) is 32.2. The van der Waals surface area contributed by atoms with Gasteiger partial charge in [0.25, 0.3) is 11.4 Å². The molecule has 134 valence electrons. The van der Waals surface area contributed by atoms with E-state index in [2.05, 4.69) is 10.5 Å². The Morgan fingerprint density at radius 1 is 1.19 bits per heavy atom. The van der Waals surface area contributed by atoms with Crippen LogP contribution in [0.25, 0.3) is 0 Å². The van der Waals surface area contributed by atoms with Crippen molar-refractivity contribution >= 4 is 23.5 Å². The molecule has 2 aromatic rings. The molecular formula is C16H14N4O6. The van der Waals surface area contributed by atoms with E-state index in [1.54, 1.807) is 24.3 Å². The fourth-order valence-corrected chi connectivity index (χ4v) is 2.10. The van der Waals surface area contributed by atoms with Crippen LogP contribution < -0.4 is 10.2 Å². The molecule has 0 saturated heterocycles. The Labute approximate surface area is 147 Å². The topological polar surface area (TPSA) is 137 Å². The SMILES string of the molecule is COc1cccc(/C=N\NC(=O)Cc2ccc([N+](=O)[O-])cc2[N+](=O)[O-])c1. The number of hydrogen-bond acceptors (Lipinski definition) is 7. The van der Waals surface area contributed by atoms with Crippen molar-refractivity contribution in [3.63, 3.8) is 0 Å². The van der Waals surface area contributed by atoms with Crippen molar-refractivity contribution in [1.82, 2.24) is 5.43 Å². The molecule has 0 saturated carbocycles. The van der Waals surface area contributed by atoms with E-state index in [9.17, 15) is 25.0 Å². The molecule has 1 amide bonds. The lowest BCUT2D eigenvalue weighted by Gasteiger charge is -2.03. The van der Waals surface area contributed by atoms with Crippen LogP contribution in [0.4, 0.5) is 11.4 Å². The number of nitro groups is 2. The minimum atomic E-state index is -0.769. The molecule has 0 heterocycles. The van der Waals surface area contributed by atoms with E-state index in [1.165, 1.54) is 19.4 Å². The number of nitrogens with zero attached hydrogens (tertiary/aromatic N) is 3. The van der Waals surface area contributed by atoms with Crippen LogP contribution in [0.3, 0.4) is 0 Å². The van der Waals surface area contributed by atoms with E-state index in [0.29, 0.717) is 11.3 Å². The Kier molecular flexibility index (Phi) is 5.93. The minimum Gasteiger partial charge on any atom is -0.497 e. The van der Waals surface area contributed by atoms with Gasteiger partial charge in [0.1, 0.15) is 5.75 Å². The van der Waals surface area contributed by atoms with Crippen molar-refractivity contribution in [3.8, 4) is 5.75 Å². The van der Waals surface area contributed by atoms with Crippen LogP contribution >= 0.6 is 0 Å². The molecule has 0 spiro atoms. The average molecular weight is 358 g/mol. The molecule has 0 atom stereocenters. The van der Waals surface area contributed by atoms with Gasteiger partial charge < -0.3 is 4.74 Å². The van der Waals surface area contributed by atoms with Gasteiger partial charge in [-0.25, -0.2) is 5.43 Å². The number of ether oxygens (including phenoxy) is 1. The van der Waals surface area contributed by atoms with Crippen LogP contribution in [0.1, 0.15) is 11.1 Å². The zero-order chi connectivity index (χ0) is 19.1. The molecule has 10 heteroatoms. The summed E-state index contributed by atoms with van der Waals surface area (Å²) in [6.07, 6.45) is 1.05. The summed E-state index contributed by atoms with van der Waals surface area (Å²) < 4.78 is 5.06. The molecule has 10 nitrogen and oxygen atoms in total. The smallest absolute Gasteiger partial charge is 0.279 e. The fraction of sp³-hybridized carbons (Fsp3) is 0.125. The molecule has 0 aromatic heterocycles. The summed E-state index contributed by atoms with van der Waals surface area (Å²) in [5.41, 5.74) is 2.08. The number of nitro benzene ring substituents is 2. The first kappa shape index (κ1) is 18.5. The lowest BCUT2D eigenvalue weighted by molar-refractivity contribution is -0.394. The molecule has 1 N–H and O–H groups in total. The standard InChI is InChI=1S/C16H14N4O6/c1-26-14-4-2-3-11(7-14)10-17-18-16(21)8-12-5-6-13(19(22)23)9-15(12)20(24)25/h2-7,9-10H,8H2,1H3,(H,18,21)/b17-10-. The predicted molar refractivity (Wildman–Crippen MR) is 92.2 cm³/mol. The van der Waals surface area contributed by atoms with Gasteiger partial charge in [-0.2, -0.15) is 5.10 Å². The molecule has 0 bridgehead atoms. The second-order valence-electron chi connectivity index (χ2n) is 5.07. The molecule has 0 aliphatic rings. The van der Waals surface area contributed by atoms with Crippen LogP contribution in [0, 0.1) is 20.2 Å². The number of hydrogen-bond donors (Lipinski definition) is 1. The van der Waals surface area contributed by atoms with Gasteiger partial charge in [0.15, 0.2) is 0 Å². The lowest BCUT2D eigenvalue weighted by Crippen LogP contribution is -2.20. The van der Waals surface area contributed by atoms with E-state index in [0.717, 1.165) is 12.1 Å². The first-order chi connectivity index (χ1) is 12.4. The number of non-ortho nitro benzene ring substituents is 1. The molecule has 2 rings (SSSR count). The van der Waals surface area contributed by atoms with Crippen molar-refractivity contribution in [2.45, 2.75) is 6.42 Å². The van der Waals surface area contributed by atoms with Crippen molar-refractivity contribution in [3.05, 3.63) is 73.8 Å². The summed E-state index contributed by atoms with van der Waals surface area (Å²) in [7, 11) is 1.52. The second-order valence-corrected chi connectivity index (χ2v) is 5.07. The van der Waals surface area contributed by atoms with Gasteiger partial charge in [-0.3, -0.25) is 25.0 Å². The highest BCUT2D eigenvalue weighted by molar-refractivity contribution is 5.84. The Morgan fingerprint density at radius 3 is 2.62 bits per heavy atom. The van der Waals surface area contributed by atoms with Gasteiger partial charge in [-0.1, -0.05) is 12.1 Å². The third-order valence-electron chi connectivity index (χ3n) is 3.32. The monoisotopic (exact) mass is 358 g/mol. The molecule has 0 fully saturated rings. The number of rotatable bonds is 7. The first-order valence-electron chi connectivity index (χ1n) is 7.28. The van der Waals surface area contributed by atoms with Crippen LogP contribution in [0.15, 0.2) is 47.6 Å². The van der Waals surface area contributed by atoms with Crippen LogP contribution in [-0.2, 0) is 11.2 Å². The van der Waals surface area contributed by atoms with E-state index < -0.39 is 27.1 Å². The van der Waals surface area contributed by atoms with Gasteiger partial charge >= 0.3 is 0 Å². The Balaban J connectivity index is 2.06. The lowest BCUT2D eigenvalue weighted by atomic mass is 10.1. The molecule has 0 radical (unpaired) electrons. The molecule has 26 heavy (non-hydrogen) atoms. The highest BCUT2D eigenvalue weighted by Crippen LogP contribution is 2.25. The van der Waals surface area contributed by atoms with Crippen molar-refractivity contribution in [1.29, 1.82) is 0 Å². The third kappa shape index (κ3) is 4.84. The van der Waals surface area contributed by atoms with E-state index >= 15 is 0 Å². The molecule has 2 aromatic carbocycles. The van der Waals surface area contributed by atoms with Crippen LogP contribution in [0.5, 0.6) is 5.75 Å².